The standard InChI is InChI=1S/C36H37N7O5/c1-36(2,22-37-3)25-9-10-26-23(18-25)12-13-43(34(26)46)31-7-5-6-27(28(31)21-44)29-19-30(35(47)41(4)40-29)39-32-11-8-24(20-38-32)33(45)42-14-16-48-17-15-42/h5-11,18-22H,12-17H2,1-4H3,(H,38,39). The van der Waals surface area contributed by atoms with Crippen molar-refractivity contribution in [3.63, 3.8) is 0 Å². The Morgan fingerprint density at radius 1 is 1.02 bits per heavy atom. The summed E-state index contributed by atoms with van der Waals surface area (Å²) in [5, 5.41) is 7.48. The maximum absolute atomic E-state index is 13.8. The van der Waals surface area contributed by atoms with Crippen molar-refractivity contribution < 1.29 is 19.1 Å². The van der Waals surface area contributed by atoms with E-state index in [2.05, 4.69) is 40.3 Å². The third-order valence-corrected chi connectivity index (χ3v) is 8.78. The summed E-state index contributed by atoms with van der Waals surface area (Å²) < 4.78 is 6.51. The first-order valence-electron chi connectivity index (χ1n) is 15.8. The number of amides is 2. The van der Waals surface area contributed by atoms with Gasteiger partial charge >= 0.3 is 0 Å². The third kappa shape index (κ3) is 6.26. The van der Waals surface area contributed by atoms with Gasteiger partial charge in [0.25, 0.3) is 17.4 Å². The number of carbonyl (C=O) groups is 3. The predicted octanol–water partition coefficient (Wildman–Crippen LogP) is 4.05. The van der Waals surface area contributed by atoms with Crippen LogP contribution in [-0.4, -0.2) is 83.9 Å². The lowest BCUT2D eigenvalue weighted by Gasteiger charge is -2.31. The fourth-order valence-corrected chi connectivity index (χ4v) is 6.16. The van der Waals surface area contributed by atoms with Crippen LogP contribution in [0.25, 0.3) is 11.3 Å². The minimum atomic E-state index is -0.409. The van der Waals surface area contributed by atoms with E-state index in [9.17, 15) is 19.2 Å². The number of aromatic nitrogens is 3. The molecule has 12 heteroatoms. The highest BCUT2D eigenvalue weighted by Crippen LogP contribution is 2.34. The van der Waals surface area contributed by atoms with E-state index < -0.39 is 5.56 Å². The number of ether oxygens (including phenoxy) is 1. The number of aliphatic imine (C=N–C) groups is 1. The summed E-state index contributed by atoms with van der Waals surface area (Å²) in [5.74, 6) is 0.0349. The number of morpholine rings is 1. The Labute approximate surface area is 278 Å². The Morgan fingerprint density at radius 2 is 1.81 bits per heavy atom. The van der Waals surface area contributed by atoms with Crippen LogP contribution in [0.5, 0.6) is 0 Å². The second-order valence-corrected chi connectivity index (χ2v) is 12.4. The highest BCUT2D eigenvalue weighted by molar-refractivity contribution is 6.11. The van der Waals surface area contributed by atoms with E-state index in [-0.39, 0.29) is 28.5 Å². The predicted molar refractivity (Wildman–Crippen MR) is 184 cm³/mol. The smallest absolute Gasteiger partial charge is 0.290 e. The zero-order valence-corrected chi connectivity index (χ0v) is 27.4. The molecule has 2 aliphatic rings. The number of anilines is 3. The molecule has 0 bridgehead atoms. The second-order valence-electron chi connectivity index (χ2n) is 12.4. The molecule has 2 aromatic carbocycles. The van der Waals surface area contributed by atoms with Gasteiger partial charge in [-0.25, -0.2) is 9.67 Å². The molecule has 0 saturated carbocycles. The molecule has 1 N–H and O–H groups in total. The average molecular weight is 648 g/mol. The quantitative estimate of drug-likeness (QED) is 0.223. The number of nitrogens with one attached hydrogen (secondary N) is 1. The van der Waals surface area contributed by atoms with Gasteiger partial charge < -0.3 is 19.9 Å². The second kappa shape index (κ2) is 13.3. The van der Waals surface area contributed by atoms with E-state index in [0.29, 0.717) is 73.2 Å². The minimum absolute atomic E-state index is 0.132. The molecular formula is C36H37N7O5. The molecule has 6 rings (SSSR count). The van der Waals surface area contributed by atoms with Crippen molar-refractivity contribution >= 4 is 41.5 Å². The summed E-state index contributed by atoms with van der Waals surface area (Å²) in [6, 6.07) is 16.0. The number of nitrogens with zero attached hydrogens (tertiary/aromatic N) is 6. The molecule has 0 aliphatic carbocycles. The van der Waals surface area contributed by atoms with Crippen LogP contribution >= 0.6 is 0 Å². The number of carbonyl (C=O) groups excluding carboxylic acids is 3. The van der Waals surface area contributed by atoms with Crippen LogP contribution in [0, 0.1) is 0 Å². The van der Waals surface area contributed by atoms with Crippen LogP contribution in [-0.2, 0) is 23.6 Å². The Balaban J connectivity index is 1.28. The van der Waals surface area contributed by atoms with Crippen molar-refractivity contribution in [3.05, 3.63) is 99.0 Å². The summed E-state index contributed by atoms with van der Waals surface area (Å²) in [5.41, 5.74) is 4.12. The third-order valence-electron chi connectivity index (χ3n) is 8.78. The van der Waals surface area contributed by atoms with E-state index in [1.165, 1.54) is 17.9 Å². The number of hydrogen-bond acceptors (Lipinski definition) is 9. The van der Waals surface area contributed by atoms with Crippen molar-refractivity contribution in [1.29, 1.82) is 0 Å². The highest BCUT2D eigenvalue weighted by Gasteiger charge is 2.30. The summed E-state index contributed by atoms with van der Waals surface area (Å²) in [7, 11) is 3.27. The summed E-state index contributed by atoms with van der Waals surface area (Å²) in [4.78, 5) is 64.3. The van der Waals surface area contributed by atoms with Gasteiger partial charge in [-0.15, -0.1) is 0 Å². The molecule has 0 atom stereocenters. The van der Waals surface area contributed by atoms with Gasteiger partial charge in [0.1, 0.15) is 11.5 Å². The normalized spacial score (nSPS) is 15.0. The van der Waals surface area contributed by atoms with E-state index in [0.717, 1.165) is 17.4 Å². The fourth-order valence-electron chi connectivity index (χ4n) is 6.16. The molecule has 1 fully saturated rings. The average Bonchev–Trinajstić information content (AvgIpc) is 3.10. The maximum Gasteiger partial charge on any atom is 0.290 e. The molecule has 12 nitrogen and oxygen atoms in total. The molecule has 2 amide bonds. The molecule has 4 aromatic rings. The molecule has 246 valence electrons. The molecular weight excluding hydrogens is 610 g/mol. The summed E-state index contributed by atoms with van der Waals surface area (Å²) in [6.45, 7) is 6.59. The molecule has 2 aliphatic heterocycles. The Hall–Kier alpha value is -5.49. The van der Waals surface area contributed by atoms with Crippen molar-refractivity contribution in [2.45, 2.75) is 25.7 Å². The topological polar surface area (TPSA) is 139 Å². The van der Waals surface area contributed by atoms with Gasteiger partial charge in [-0.3, -0.25) is 24.2 Å². The van der Waals surface area contributed by atoms with Crippen LogP contribution in [0.3, 0.4) is 0 Å². The van der Waals surface area contributed by atoms with Gasteiger partial charge in [-0.05, 0) is 47.9 Å². The van der Waals surface area contributed by atoms with Gasteiger partial charge in [0.2, 0.25) is 0 Å². The largest absolute Gasteiger partial charge is 0.378 e. The van der Waals surface area contributed by atoms with E-state index in [1.54, 1.807) is 53.2 Å². The molecule has 48 heavy (non-hydrogen) atoms. The van der Waals surface area contributed by atoms with E-state index in [1.807, 2.05) is 18.3 Å². The van der Waals surface area contributed by atoms with Gasteiger partial charge in [0.15, 0.2) is 6.29 Å². The lowest BCUT2D eigenvalue weighted by molar-refractivity contribution is 0.0302. The lowest BCUT2D eigenvalue weighted by Crippen LogP contribution is -2.40. The molecule has 1 saturated heterocycles. The van der Waals surface area contributed by atoms with Gasteiger partial charge in [0, 0.05) is 68.2 Å². The number of fused-ring (bicyclic) bond motifs is 1. The Bertz CT molecular complexity index is 1980. The van der Waals surface area contributed by atoms with Gasteiger partial charge in [0.05, 0.1) is 30.2 Å². The first-order chi connectivity index (χ1) is 23.1. The fraction of sp³-hybridized carbons (Fsp3) is 0.306. The van der Waals surface area contributed by atoms with Crippen LogP contribution in [0.4, 0.5) is 17.2 Å². The van der Waals surface area contributed by atoms with Crippen LogP contribution in [0.1, 0.15) is 56.0 Å². The highest BCUT2D eigenvalue weighted by atomic mass is 16.5. The first-order valence-corrected chi connectivity index (χ1v) is 15.8. The molecule has 0 unspecified atom stereocenters. The van der Waals surface area contributed by atoms with Crippen molar-refractivity contribution in [3.8, 4) is 11.3 Å². The molecule has 2 aromatic heterocycles. The summed E-state index contributed by atoms with van der Waals surface area (Å²) >= 11 is 0. The number of rotatable bonds is 8. The molecule has 0 spiro atoms. The van der Waals surface area contributed by atoms with Crippen molar-refractivity contribution in [1.82, 2.24) is 19.7 Å². The lowest BCUT2D eigenvalue weighted by atomic mass is 9.83. The maximum atomic E-state index is 13.8. The van der Waals surface area contributed by atoms with Crippen LogP contribution in [0.2, 0.25) is 0 Å². The monoisotopic (exact) mass is 647 g/mol. The molecule has 4 heterocycles. The number of aryl methyl sites for hydroxylation is 1. The molecule has 0 radical (unpaired) electrons. The van der Waals surface area contributed by atoms with Crippen molar-refractivity contribution in [2.75, 3.05) is 50.1 Å². The SMILES string of the molecule is CN=CC(C)(C)c1ccc2c(c1)CCN(c1cccc(-c3cc(Nc4ccc(C(=O)N5CCOCC5)cn4)c(=O)n(C)n3)c1C=O)C2=O. The Morgan fingerprint density at radius 3 is 2.52 bits per heavy atom. The van der Waals surface area contributed by atoms with E-state index >= 15 is 0 Å². The zero-order valence-electron chi connectivity index (χ0n) is 27.4. The number of hydrogen-bond donors (Lipinski definition) is 1. The summed E-state index contributed by atoms with van der Waals surface area (Å²) in [6.07, 6.45) is 4.70. The van der Waals surface area contributed by atoms with Crippen molar-refractivity contribution in [2.24, 2.45) is 12.0 Å². The van der Waals surface area contributed by atoms with Gasteiger partial charge in [-0.1, -0.05) is 38.1 Å². The Kier molecular flexibility index (Phi) is 9.01. The number of aldehydes is 1. The number of benzene rings is 2. The van der Waals surface area contributed by atoms with Gasteiger partial charge in [-0.2, -0.15) is 5.10 Å². The zero-order chi connectivity index (χ0) is 34.0. The number of pyridine rings is 1. The first kappa shape index (κ1) is 32.5. The van der Waals surface area contributed by atoms with Crippen LogP contribution < -0.4 is 15.8 Å². The minimum Gasteiger partial charge on any atom is -0.378 e. The van der Waals surface area contributed by atoms with E-state index in [4.69, 9.17) is 4.74 Å². The van der Waals surface area contributed by atoms with Crippen LogP contribution in [0.15, 0.2) is 70.6 Å².